The van der Waals surface area contributed by atoms with E-state index in [-0.39, 0.29) is 24.2 Å². The monoisotopic (exact) mass is 377 g/mol. The summed E-state index contributed by atoms with van der Waals surface area (Å²) in [6.45, 7) is 4.07. The maximum absolute atomic E-state index is 13.4. The summed E-state index contributed by atoms with van der Waals surface area (Å²) in [6.07, 6.45) is 0.351. The van der Waals surface area contributed by atoms with Gasteiger partial charge in [-0.15, -0.1) is 0 Å². The Morgan fingerprint density at radius 1 is 1.04 bits per heavy atom. The van der Waals surface area contributed by atoms with Crippen LogP contribution in [0.2, 0.25) is 0 Å². The number of hydrogen-bond donors (Lipinski definition) is 0. The lowest BCUT2D eigenvalue weighted by Gasteiger charge is -2.56. The summed E-state index contributed by atoms with van der Waals surface area (Å²) in [4.78, 5) is 31.4. The fraction of sp³-hybridized carbons (Fsp3) is 0.348. The van der Waals surface area contributed by atoms with Gasteiger partial charge in [0.05, 0.1) is 13.2 Å². The highest BCUT2D eigenvalue weighted by atomic mass is 16.5. The number of fused-ring (bicyclic) bond motifs is 1. The third-order valence-corrected chi connectivity index (χ3v) is 5.85. The first kappa shape index (κ1) is 18.4. The number of ketones is 1. The standard InChI is InChI=1S/C23H23NO4/c1-3-27-20-19(25)22(21(26)28-4-2)15-18(16-11-7-5-8-12-16)23(22,24-20)17-13-9-6-10-14-17/h5-14,18H,3-4,15H2,1-2H3/t18-,22+,23+/m0/s1. The first-order valence-corrected chi connectivity index (χ1v) is 9.67. The fourth-order valence-electron chi connectivity index (χ4n) is 4.68. The molecule has 3 atom stereocenters. The molecule has 144 valence electrons. The molecule has 0 saturated heterocycles. The van der Waals surface area contributed by atoms with Crippen LogP contribution >= 0.6 is 0 Å². The number of hydrogen-bond acceptors (Lipinski definition) is 5. The Morgan fingerprint density at radius 3 is 2.29 bits per heavy atom. The highest BCUT2D eigenvalue weighted by Crippen LogP contribution is 2.70. The summed E-state index contributed by atoms with van der Waals surface area (Å²) < 4.78 is 11.0. The highest BCUT2D eigenvalue weighted by Gasteiger charge is 2.79. The molecule has 2 aromatic rings. The molecular weight excluding hydrogens is 354 g/mol. The Kier molecular flexibility index (Phi) is 4.53. The van der Waals surface area contributed by atoms with Gasteiger partial charge in [0.15, 0.2) is 5.41 Å². The van der Waals surface area contributed by atoms with Crippen LogP contribution in [0.3, 0.4) is 0 Å². The van der Waals surface area contributed by atoms with E-state index in [1.165, 1.54) is 0 Å². The van der Waals surface area contributed by atoms with Crippen LogP contribution in [0.5, 0.6) is 0 Å². The molecular formula is C23H23NO4. The number of ether oxygens (including phenoxy) is 2. The topological polar surface area (TPSA) is 65.0 Å². The lowest BCUT2D eigenvalue weighted by Crippen LogP contribution is -2.64. The second kappa shape index (κ2) is 6.89. The van der Waals surface area contributed by atoms with Crippen LogP contribution in [0.15, 0.2) is 65.7 Å². The van der Waals surface area contributed by atoms with E-state index in [4.69, 9.17) is 14.5 Å². The maximum atomic E-state index is 13.4. The molecule has 0 amide bonds. The van der Waals surface area contributed by atoms with E-state index >= 15 is 0 Å². The lowest BCUT2D eigenvalue weighted by atomic mass is 9.45. The SMILES string of the molecule is CCOC(=O)[C@]12C[C@@H](c3ccccc3)[C@@]1(c1ccccc1)N=C(OCC)C2=O. The largest absolute Gasteiger partial charge is 0.476 e. The van der Waals surface area contributed by atoms with Crippen molar-refractivity contribution in [2.75, 3.05) is 13.2 Å². The average Bonchev–Trinajstić information content (AvgIpc) is 2.89. The van der Waals surface area contributed by atoms with Crippen molar-refractivity contribution in [3.05, 3.63) is 71.8 Å². The molecule has 1 heterocycles. The molecule has 1 aliphatic carbocycles. The van der Waals surface area contributed by atoms with Crippen LogP contribution < -0.4 is 0 Å². The smallest absolute Gasteiger partial charge is 0.323 e. The van der Waals surface area contributed by atoms with Gasteiger partial charge in [-0.1, -0.05) is 60.7 Å². The zero-order valence-corrected chi connectivity index (χ0v) is 16.1. The third-order valence-electron chi connectivity index (χ3n) is 5.85. The fourth-order valence-corrected chi connectivity index (χ4v) is 4.68. The highest BCUT2D eigenvalue weighted by molar-refractivity contribution is 6.45. The second-order valence-electron chi connectivity index (χ2n) is 7.10. The molecule has 0 bridgehead atoms. The van der Waals surface area contributed by atoms with Gasteiger partial charge in [-0.25, -0.2) is 4.99 Å². The minimum Gasteiger partial charge on any atom is -0.476 e. The number of Topliss-reactive ketones (excluding diaryl/α,β-unsaturated/α-hetero) is 1. The second-order valence-corrected chi connectivity index (χ2v) is 7.10. The van der Waals surface area contributed by atoms with E-state index in [1.54, 1.807) is 13.8 Å². The zero-order valence-electron chi connectivity index (χ0n) is 16.1. The Bertz CT molecular complexity index is 924. The summed E-state index contributed by atoms with van der Waals surface area (Å²) in [7, 11) is 0. The molecule has 5 nitrogen and oxygen atoms in total. The van der Waals surface area contributed by atoms with Crippen molar-refractivity contribution in [3.63, 3.8) is 0 Å². The van der Waals surface area contributed by atoms with Gasteiger partial charge >= 0.3 is 5.97 Å². The molecule has 2 aromatic carbocycles. The van der Waals surface area contributed by atoms with E-state index in [2.05, 4.69) is 0 Å². The summed E-state index contributed by atoms with van der Waals surface area (Å²) in [6, 6.07) is 19.5. The minimum atomic E-state index is -1.38. The molecule has 0 aromatic heterocycles. The first-order chi connectivity index (χ1) is 13.6. The summed E-state index contributed by atoms with van der Waals surface area (Å²) in [5.74, 6) is -0.987. The van der Waals surface area contributed by atoms with Crippen LogP contribution in [0.4, 0.5) is 0 Å². The van der Waals surface area contributed by atoms with Crippen molar-refractivity contribution < 1.29 is 19.1 Å². The number of rotatable bonds is 5. The van der Waals surface area contributed by atoms with E-state index < -0.39 is 16.9 Å². The quantitative estimate of drug-likeness (QED) is 0.589. The maximum Gasteiger partial charge on any atom is 0.323 e. The van der Waals surface area contributed by atoms with E-state index in [1.807, 2.05) is 60.7 Å². The predicted molar refractivity (Wildman–Crippen MR) is 105 cm³/mol. The van der Waals surface area contributed by atoms with Gasteiger partial charge in [0, 0.05) is 5.92 Å². The van der Waals surface area contributed by atoms with Crippen LogP contribution in [-0.2, 0) is 24.6 Å². The molecule has 1 fully saturated rings. The van der Waals surface area contributed by atoms with Gasteiger partial charge < -0.3 is 9.47 Å². The third kappa shape index (κ3) is 2.28. The molecule has 0 unspecified atom stereocenters. The molecule has 1 saturated carbocycles. The summed E-state index contributed by atoms with van der Waals surface area (Å²) >= 11 is 0. The van der Waals surface area contributed by atoms with Crippen LogP contribution in [-0.4, -0.2) is 30.9 Å². The molecule has 0 radical (unpaired) electrons. The number of carbonyl (C=O) groups excluding carboxylic acids is 2. The van der Waals surface area contributed by atoms with Crippen molar-refractivity contribution >= 4 is 17.7 Å². The molecule has 0 spiro atoms. The van der Waals surface area contributed by atoms with E-state index in [0.29, 0.717) is 13.0 Å². The van der Waals surface area contributed by atoms with E-state index in [9.17, 15) is 9.59 Å². The van der Waals surface area contributed by atoms with Crippen molar-refractivity contribution in [2.45, 2.75) is 31.7 Å². The van der Waals surface area contributed by atoms with Gasteiger partial charge in [-0.05, 0) is 31.4 Å². The van der Waals surface area contributed by atoms with E-state index in [0.717, 1.165) is 11.1 Å². The summed E-state index contributed by atoms with van der Waals surface area (Å²) in [5.41, 5.74) is -0.564. The van der Waals surface area contributed by atoms with Crippen molar-refractivity contribution in [1.82, 2.24) is 0 Å². The Hall–Kier alpha value is -2.95. The van der Waals surface area contributed by atoms with Gasteiger partial charge in [-0.3, -0.25) is 9.59 Å². The molecule has 5 heteroatoms. The van der Waals surface area contributed by atoms with Gasteiger partial charge in [-0.2, -0.15) is 0 Å². The van der Waals surface area contributed by atoms with Crippen LogP contribution in [0.1, 0.15) is 37.3 Å². The zero-order chi connectivity index (χ0) is 19.8. The van der Waals surface area contributed by atoms with Crippen molar-refractivity contribution in [3.8, 4) is 0 Å². The average molecular weight is 377 g/mol. The number of esters is 1. The van der Waals surface area contributed by atoms with Crippen LogP contribution in [0, 0.1) is 5.41 Å². The molecule has 2 aliphatic rings. The lowest BCUT2D eigenvalue weighted by molar-refractivity contribution is -0.174. The Morgan fingerprint density at radius 2 is 1.68 bits per heavy atom. The Labute approximate surface area is 164 Å². The van der Waals surface area contributed by atoms with Crippen molar-refractivity contribution in [1.29, 1.82) is 0 Å². The minimum absolute atomic E-state index is 0.0258. The van der Waals surface area contributed by atoms with Gasteiger partial charge in [0.25, 0.3) is 5.90 Å². The first-order valence-electron chi connectivity index (χ1n) is 9.67. The predicted octanol–water partition coefficient (Wildman–Crippen LogP) is 3.64. The number of carbonyl (C=O) groups is 2. The molecule has 28 heavy (non-hydrogen) atoms. The number of nitrogens with zero attached hydrogens (tertiary/aromatic N) is 1. The normalized spacial score (nSPS) is 28.1. The summed E-state index contributed by atoms with van der Waals surface area (Å²) in [5, 5.41) is 0. The molecule has 1 aliphatic heterocycles. The number of aliphatic imine (C=N–C) groups is 1. The Balaban J connectivity index is 1.95. The van der Waals surface area contributed by atoms with Crippen LogP contribution in [0.25, 0.3) is 0 Å². The number of benzene rings is 2. The van der Waals surface area contributed by atoms with Gasteiger partial charge in [0.1, 0.15) is 5.54 Å². The molecule has 4 rings (SSSR count). The molecule has 0 N–H and O–H groups in total. The van der Waals surface area contributed by atoms with Gasteiger partial charge in [0.2, 0.25) is 5.78 Å². The van der Waals surface area contributed by atoms with Crippen molar-refractivity contribution in [2.24, 2.45) is 10.4 Å².